The van der Waals surface area contributed by atoms with Gasteiger partial charge in [0.05, 0.1) is 11.9 Å². The molecule has 2 N–H and O–H groups in total. The minimum absolute atomic E-state index is 0.616. The van der Waals surface area contributed by atoms with Crippen LogP contribution in [0.4, 0.5) is 5.95 Å². The monoisotopic (exact) mass is 375 g/mol. The van der Waals surface area contributed by atoms with Gasteiger partial charge in [0, 0.05) is 6.54 Å². The summed E-state index contributed by atoms with van der Waals surface area (Å²) in [5.74, 6) is 0.616. The number of nitrogens with two attached hydrogens (primary N) is 1. The molecule has 28 heavy (non-hydrogen) atoms. The van der Waals surface area contributed by atoms with Gasteiger partial charge in [-0.05, 0) is 23.1 Å². The van der Waals surface area contributed by atoms with E-state index in [0.29, 0.717) is 5.95 Å². The minimum Gasteiger partial charge on any atom is -0.369 e. The average Bonchev–Trinajstić information content (AvgIpc) is 3.11. The van der Waals surface area contributed by atoms with Crippen LogP contribution in [0.25, 0.3) is 22.4 Å². The summed E-state index contributed by atoms with van der Waals surface area (Å²) in [6.45, 7) is 3.21. The van der Waals surface area contributed by atoms with Gasteiger partial charge in [0.25, 0.3) is 0 Å². The number of nitrogens with zero attached hydrogens (tertiary/aromatic N) is 2. The fraction of sp³-hybridized carbons (Fsp3) is 0.400. The van der Waals surface area contributed by atoms with Crippen LogP contribution >= 0.6 is 0 Å². The molecule has 3 aromatic rings. The van der Waals surface area contributed by atoms with E-state index >= 15 is 0 Å². The lowest BCUT2D eigenvalue weighted by Crippen LogP contribution is -2.05. The maximum absolute atomic E-state index is 6.15. The van der Waals surface area contributed by atoms with Gasteiger partial charge in [-0.1, -0.05) is 106 Å². The van der Waals surface area contributed by atoms with Crippen molar-refractivity contribution in [1.82, 2.24) is 9.55 Å². The Balaban J connectivity index is 1.57. The van der Waals surface area contributed by atoms with E-state index in [0.717, 1.165) is 18.7 Å². The van der Waals surface area contributed by atoms with Gasteiger partial charge in [-0.2, -0.15) is 0 Å². The van der Waals surface area contributed by atoms with E-state index in [1.807, 2.05) is 12.3 Å². The third kappa shape index (κ3) is 5.48. The first-order valence-electron chi connectivity index (χ1n) is 10.8. The lowest BCUT2D eigenvalue weighted by atomic mass is 10.0. The molecule has 0 aliphatic rings. The van der Waals surface area contributed by atoms with Crippen LogP contribution in [0, 0.1) is 0 Å². The molecule has 0 saturated carbocycles. The molecule has 0 aliphatic carbocycles. The van der Waals surface area contributed by atoms with Crippen LogP contribution < -0.4 is 5.73 Å². The highest BCUT2D eigenvalue weighted by Crippen LogP contribution is 2.26. The summed E-state index contributed by atoms with van der Waals surface area (Å²) in [7, 11) is 0. The van der Waals surface area contributed by atoms with Crippen molar-refractivity contribution in [2.45, 2.75) is 64.8 Å². The Hall–Kier alpha value is -2.55. The second-order valence-corrected chi connectivity index (χ2v) is 7.57. The zero-order valence-electron chi connectivity index (χ0n) is 17.1. The molecular weight excluding hydrogens is 342 g/mol. The first-order chi connectivity index (χ1) is 13.8. The largest absolute Gasteiger partial charge is 0.369 e. The van der Waals surface area contributed by atoms with Crippen molar-refractivity contribution < 1.29 is 0 Å². The predicted octanol–water partition coefficient (Wildman–Crippen LogP) is 6.94. The lowest BCUT2D eigenvalue weighted by molar-refractivity contribution is 0.547. The van der Waals surface area contributed by atoms with Gasteiger partial charge in [-0.25, -0.2) is 4.98 Å². The smallest absolute Gasteiger partial charge is 0.200 e. The second kappa shape index (κ2) is 10.7. The van der Waals surface area contributed by atoms with Crippen molar-refractivity contribution in [1.29, 1.82) is 0 Å². The third-order valence-electron chi connectivity index (χ3n) is 5.41. The average molecular weight is 376 g/mol. The van der Waals surface area contributed by atoms with E-state index in [4.69, 9.17) is 5.73 Å². The van der Waals surface area contributed by atoms with Crippen molar-refractivity contribution in [2.24, 2.45) is 0 Å². The van der Waals surface area contributed by atoms with Crippen LogP contribution in [0.2, 0.25) is 0 Å². The normalized spacial score (nSPS) is 11.0. The zero-order valence-corrected chi connectivity index (χ0v) is 17.1. The van der Waals surface area contributed by atoms with Crippen LogP contribution in [0.3, 0.4) is 0 Å². The van der Waals surface area contributed by atoms with Crippen LogP contribution in [0.1, 0.15) is 58.3 Å². The molecule has 1 aromatic heterocycles. The van der Waals surface area contributed by atoms with Gasteiger partial charge >= 0.3 is 0 Å². The SMILES string of the molecule is CCCCCCCCCCn1c(-c2ccc(-c3ccccc3)cc2)cnc1N. The number of imidazole rings is 1. The molecule has 0 spiro atoms. The Kier molecular flexibility index (Phi) is 7.71. The molecule has 0 amide bonds. The van der Waals surface area contributed by atoms with E-state index in [9.17, 15) is 0 Å². The number of nitrogen functional groups attached to an aromatic ring is 1. The number of benzene rings is 2. The molecule has 3 nitrogen and oxygen atoms in total. The second-order valence-electron chi connectivity index (χ2n) is 7.57. The number of aromatic nitrogens is 2. The number of hydrogen-bond donors (Lipinski definition) is 1. The van der Waals surface area contributed by atoms with Crippen molar-refractivity contribution in [3.63, 3.8) is 0 Å². The van der Waals surface area contributed by atoms with Crippen LogP contribution in [0.15, 0.2) is 60.8 Å². The molecule has 3 heteroatoms. The van der Waals surface area contributed by atoms with Gasteiger partial charge in [0.1, 0.15) is 0 Å². The topological polar surface area (TPSA) is 43.8 Å². The van der Waals surface area contributed by atoms with Gasteiger partial charge in [0.2, 0.25) is 5.95 Å². The summed E-state index contributed by atoms with van der Waals surface area (Å²) in [5, 5.41) is 0. The Morgan fingerprint density at radius 1 is 0.714 bits per heavy atom. The highest BCUT2D eigenvalue weighted by atomic mass is 15.1. The number of rotatable bonds is 11. The summed E-state index contributed by atoms with van der Waals surface area (Å²) < 4.78 is 2.16. The highest BCUT2D eigenvalue weighted by molar-refractivity contribution is 5.69. The molecule has 0 unspecified atom stereocenters. The first kappa shape index (κ1) is 20.2. The Labute approximate surface area is 169 Å². The van der Waals surface area contributed by atoms with Crippen molar-refractivity contribution >= 4 is 5.95 Å². The maximum Gasteiger partial charge on any atom is 0.200 e. The number of unbranched alkanes of at least 4 members (excludes halogenated alkanes) is 7. The fourth-order valence-corrected chi connectivity index (χ4v) is 3.72. The molecule has 2 aromatic carbocycles. The molecule has 0 fully saturated rings. The minimum atomic E-state index is 0.616. The summed E-state index contributed by atoms with van der Waals surface area (Å²) in [6, 6.07) is 19.2. The molecule has 1 heterocycles. The van der Waals surface area contributed by atoms with E-state index in [2.05, 4.69) is 65.0 Å². The molecule has 3 rings (SSSR count). The van der Waals surface area contributed by atoms with E-state index in [1.54, 1.807) is 0 Å². The molecule has 0 atom stereocenters. The number of hydrogen-bond acceptors (Lipinski definition) is 2. The maximum atomic E-state index is 6.15. The molecular formula is C25H33N3. The summed E-state index contributed by atoms with van der Waals surface area (Å²) in [6.07, 6.45) is 12.4. The molecule has 0 radical (unpaired) electrons. The first-order valence-corrected chi connectivity index (χ1v) is 10.8. The Morgan fingerprint density at radius 2 is 1.29 bits per heavy atom. The quantitative estimate of drug-likeness (QED) is 0.369. The molecule has 0 aliphatic heterocycles. The lowest BCUT2D eigenvalue weighted by Gasteiger charge is -2.11. The summed E-state index contributed by atoms with van der Waals surface area (Å²) >= 11 is 0. The number of anilines is 1. The van der Waals surface area contributed by atoms with Crippen molar-refractivity contribution in [3.05, 3.63) is 60.8 Å². The van der Waals surface area contributed by atoms with E-state index < -0.39 is 0 Å². The van der Waals surface area contributed by atoms with Crippen LogP contribution in [-0.4, -0.2) is 9.55 Å². The van der Waals surface area contributed by atoms with Crippen LogP contribution in [0.5, 0.6) is 0 Å². The van der Waals surface area contributed by atoms with Crippen molar-refractivity contribution in [2.75, 3.05) is 5.73 Å². The Bertz CT molecular complexity index is 819. The molecule has 0 saturated heterocycles. The fourth-order valence-electron chi connectivity index (χ4n) is 3.72. The van der Waals surface area contributed by atoms with Gasteiger partial charge < -0.3 is 10.3 Å². The molecule has 0 bridgehead atoms. The van der Waals surface area contributed by atoms with Gasteiger partial charge in [-0.15, -0.1) is 0 Å². The van der Waals surface area contributed by atoms with Crippen molar-refractivity contribution in [3.8, 4) is 22.4 Å². The summed E-state index contributed by atoms with van der Waals surface area (Å²) in [4.78, 5) is 4.36. The third-order valence-corrected chi connectivity index (χ3v) is 5.41. The van der Waals surface area contributed by atoms with E-state index in [-0.39, 0.29) is 0 Å². The molecule has 148 valence electrons. The van der Waals surface area contributed by atoms with Gasteiger partial charge in [0.15, 0.2) is 0 Å². The zero-order chi connectivity index (χ0) is 19.6. The predicted molar refractivity (Wildman–Crippen MR) is 120 cm³/mol. The Morgan fingerprint density at radius 3 is 1.96 bits per heavy atom. The highest BCUT2D eigenvalue weighted by Gasteiger charge is 2.09. The van der Waals surface area contributed by atoms with E-state index in [1.165, 1.54) is 61.6 Å². The standard InChI is InChI=1S/C25H33N3/c1-2-3-4-5-6-7-8-12-19-28-24(20-27-25(28)26)23-17-15-22(16-18-23)21-13-10-9-11-14-21/h9-11,13-18,20H,2-8,12,19H2,1H3,(H2,26,27). The van der Waals surface area contributed by atoms with Crippen LogP contribution in [-0.2, 0) is 6.54 Å². The van der Waals surface area contributed by atoms with Gasteiger partial charge in [-0.3, -0.25) is 0 Å². The summed E-state index contributed by atoms with van der Waals surface area (Å²) in [5.41, 5.74) is 10.9.